The number of nitrogens with one attached hydrogen (secondary N) is 2. The van der Waals surface area contributed by atoms with Crippen LogP contribution in [0.5, 0.6) is 0 Å². The van der Waals surface area contributed by atoms with Gasteiger partial charge in [0.05, 0.1) is 13.1 Å². The van der Waals surface area contributed by atoms with E-state index in [0.717, 1.165) is 23.6 Å². The smallest absolute Gasteiger partial charge is 0.191 e. The Bertz CT molecular complexity index is 871. The first-order valence-corrected chi connectivity index (χ1v) is 8.71. The summed E-state index contributed by atoms with van der Waals surface area (Å²) in [6.07, 6.45) is 1.92. The third-order valence-electron chi connectivity index (χ3n) is 3.48. The van der Waals surface area contributed by atoms with Crippen molar-refractivity contribution in [2.45, 2.75) is 20.0 Å². The minimum absolute atomic E-state index is 0.285. The number of hydrogen-bond acceptors (Lipinski definition) is 3. The number of pyridine rings is 1. The van der Waals surface area contributed by atoms with Crippen LogP contribution in [0, 0.1) is 5.82 Å². The minimum atomic E-state index is -0.285. The molecule has 0 radical (unpaired) electrons. The van der Waals surface area contributed by atoms with Crippen LogP contribution in [-0.2, 0) is 13.1 Å². The van der Waals surface area contributed by atoms with E-state index in [4.69, 9.17) is 0 Å². The topological polar surface area (TPSA) is 66.6 Å². The Balaban J connectivity index is 1.70. The van der Waals surface area contributed by atoms with E-state index in [1.807, 2.05) is 41.8 Å². The third kappa shape index (κ3) is 4.54. The Kier molecular flexibility index (Phi) is 5.60. The van der Waals surface area contributed by atoms with Crippen LogP contribution in [0.2, 0.25) is 0 Å². The van der Waals surface area contributed by atoms with Crippen molar-refractivity contribution in [3.05, 3.63) is 64.3 Å². The monoisotopic (exact) mass is 404 g/mol. The number of aromatic nitrogens is 3. The average molecular weight is 405 g/mol. The summed E-state index contributed by atoms with van der Waals surface area (Å²) in [5.41, 5.74) is 1.59. The van der Waals surface area contributed by atoms with Crippen molar-refractivity contribution in [2.24, 2.45) is 4.99 Å². The van der Waals surface area contributed by atoms with Crippen molar-refractivity contribution < 1.29 is 4.39 Å². The lowest BCUT2D eigenvalue weighted by molar-refractivity contribution is 0.624. The fraction of sp³-hybridized carbons (Fsp3) is 0.235. The first-order valence-electron chi connectivity index (χ1n) is 7.91. The van der Waals surface area contributed by atoms with E-state index in [-0.39, 0.29) is 5.82 Å². The first kappa shape index (κ1) is 17.3. The molecule has 0 aliphatic rings. The van der Waals surface area contributed by atoms with Gasteiger partial charge in [0.1, 0.15) is 5.82 Å². The van der Waals surface area contributed by atoms with Gasteiger partial charge in [-0.05, 0) is 42.8 Å². The number of hydrogen-bond donors (Lipinski definition) is 2. The normalized spacial score (nSPS) is 11.7. The molecule has 2 aromatic heterocycles. The van der Waals surface area contributed by atoms with Gasteiger partial charge in [0.15, 0.2) is 17.4 Å². The molecule has 0 unspecified atom stereocenters. The van der Waals surface area contributed by atoms with E-state index in [9.17, 15) is 4.39 Å². The number of halogens is 2. The zero-order valence-electron chi connectivity index (χ0n) is 13.7. The summed E-state index contributed by atoms with van der Waals surface area (Å²) in [6.45, 7) is 3.55. The van der Waals surface area contributed by atoms with Gasteiger partial charge >= 0.3 is 0 Å². The molecule has 3 rings (SSSR count). The standard InChI is InChI=1S/C17H18BrFN6/c1-2-20-17(21-10-12-7-13(18)9-14(19)8-12)22-11-16-24-23-15-5-3-4-6-25(15)16/h3-9H,2,10-11H2,1H3,(H2,20,21,22). The highest BCUT2D eigenvalue weighted by Gasteiger charge is 2.06. The molecule has 0 atom stereocenters. The molecule has 8 heteroatoms. The van der Waals surface area contributed by atoms with E-state index in [1.165, 1.54) is 12.1 Å². The van der Waals surface area contributed by atoms with Crippen molar-refractivity contribution in [3.8, 4) is 0 Å². The Hall–Kier alpha value is -2.48. The first-order chi connectivity index (χ1) is 12.2. The maximum Gasteiger partial charge on any atom is 0.191 e. The second-order valence-electron chi connectivity index (χ2n) is 5.37. The van der Waals surface area contributed by atoms with Crippen LogP contribution in [0.4, 0.5) is 4.39 Å². The molecule has 0 saturated carbocycles. The summed E-state index contributed by atoms with van der Waals surface area (Å²) in [5.74, 6) is 1.14. The summed E-state index contributed by atoms with van der Waals surface area (Å²) in [4.78, 5) is 4.49. The molecule has 6 nitrogen and oxygen atoms in total. The van der Waals surface area contributed by atoms with Gasteiger partial charge in [-0.15, -0.1) is 10.2 Å². The highest BCUT2D eigenvalue weighted by molar-refractivity contribution is 9.10. The number of rotatable bonds is 5. The van der Waals surface area contributed by atoms with Crippen molar-refractivity contribution in [1.29, 1.82) is 0 Å². The highest BCUT2D eigenvalue weighted by atomic mass is 79.9. The van der Waals surface area contributed by atoms with E-state index >= 15 is 0 Å². The molecule has 0 amide bonds. The van der Waals surface area contributed by atoms with Gasteiger partial charge in [-0.25, -0.2) is 9.38 Å². The largest absolute Gasteiger partial charge is 0.357 e. The summed E-state index contributed by atoms with van der Waals surface area (Å²) in [7, 11) is 0. The number of nitrogens with zero attached hydrogens (tertiary/aromatic N) is 4. The van der Waals surface area contributed by atoms with Crippen LogP contribution in [0.3, 0.4) is 0 Å². The van der Waals surface area contributed by atoms with Crippen LogP contribution in [-0.4, -0.2) is 27.1 Å². The zero-order valence-corrected chi connectivity index (χ0v) is 15.3. The highest BCUT2D eigenvalue weighted by Crippen LogP contribution is 2.15. The predicted octanol–water partition coefficient (Wildman–Crippen LogP) is 2.89. The van der Waals surface area contributed by atoms with Crippen LogP contribution in [0.25, 0.3) is 5.65 Å². The lowest BCUT2D eigenvalue weighted by Crippen LogP contribution is -2.37. The maximum absolute atomic E-state index is 13.5. The number of benzene rings is 1. The Labute approximate surface area is 153 Å². The fourth-order valence-electron chi connectivity index (χ4n) is 2.39. The molecule has 2 heterocycles. The molecular weight excluding hydrogens is 387 g/mol. The van der Waals surface area contributed by atoms with Gasteiger partial charge in [0, 0.05) is 17.2 Å². The average Bonchev–Trinajstić information content (AvgIpc) is 3.00. The van der Waals surface area contributed by atoms with E-state index in [1.54, 1.807) is 0 Å². The fourth-order valence-corrected chi connectivity index (χ4v) is 2.90. The Morgan fingerprint density at radius 1 is 1.24 bits per heavy atom. The molecule has 0 aliphatic carbocycles. The van der Waals surface area contributed by atoms with Gasteiger partial charge in [0.2, 0.25) is 0 Å². The molecule has 3 aromatic rings. The lowest BCUT2D eigenvalue weighted by atomic mass is 10.2. The van der Waals surface area contributed by atoms with Crippen molar-refractivity contribution in [3.63, 3.8) is 0 Å². The number of aliphatic imine (C=N–C) groups is 1. The van der Waals surface area contributed by atoms with E-state index in [2.05, 4.69) is 41.8 Å². The molecule has 0 spiro atoms. The van der Waals surface area contributed by atoms with Crippen molar-refractivity contribution in [1.82, 2.24) is 25.2 Å². The van der Waals surface area contributed by atoms with Crippen molar-refractivity contribution in [2.75, 3.05) is 6.54 Å². The quantitative estimate of drug-likeness (QED) is 0.506. The van der Waals surface area contributed by atoms with Crippen molar-refractivity contribution >= 4 is 27.5 Å². The predicted molar refractivity (Wildman–Crippen MR) is 98.7 cm³/mol. The van der Waals surface area contributed by atoms with Crippen LogP contribution in [0.1, 0.15) is 18.3 Å². The molecule has 0 fully saturated rings. The molecule has 25 heavy (non-hydrogen) atoms. The molecular formula is C17H18BrFN6. The number of fused-ring (bicyclic) bond motifs is 1. The maximum atomic E-state index is 13.5. The minimum Gasteiger partial charge on any atom is -0.357 e. The summed E-state index contributed by atoms with van der Waals surface area (Å²) in [5, 5.41) is 14.7. The molecule has 1 aromatic carbocycles. The van der Waals surface area contributed by atoms with Gasteiger partial charge in [-0.2, -0.15) is 0 Å². The molecule has 0 aliphatic heterocycles. The van der Waals surface area contributed by atoms with Crippen LogP contribution >= 0.6 is 15.9 Å². The van der Waals surface area contributed by atoms with Gasteiger partial charge < -0.3 is 10.6 Å². The van der Waals surface area contributed by atoms with Gasteiger partial charge in [-0.1, -0.05) is 22.0 Å². The van der Waals surface area contributed by atoms with Gasteiger partial charge in [0.25, 0.3) is 0 Å². The zero-order chi connectivity index (χ0) is 17.6. The molecule has 0 saturated heterocycles. The second kappa shape index (κ2) is 8.06. The molecule has 0 bridgehead atoms. The summed E-state index contributed by atoms with van der Waals surface area (Å²) >= 11 is 3.29. The second-order valence-corrected chi connectivity index (χ2v) is 6.29. The Morgan fingerprint density at radius 3 is 2.92 bits per heavy atom. The van der Waals surface area contributed by atoms with Gasteiger partial charge in [-0.3, -0.25) is 4.40 Å². The Morgan fingerprint density at radius 2 is 2.12 bits per heavy atom. The SMILES string of the molecule is CCNC(=NCc1cc(F)cc(Br)c1)NCc1nnc2ccccn12. The van der Waals surface area contributed by atoms with E-state index < -0.39 is 0 Å². The summed E-state index contributed by atoms with van der Waals surface area (Å²) in [6, 6.07) is 10.5. The van der Waals surface area contributed by atoms with Crippen LogP contribution in [0.15, 0.2) is 52.1 Å². The lowest BCUT2D eigenvalue weighted by Gasteiger charge is -2.10. The van der Waals surface area contributed by atoms with Crippen LogP contribution < -0.4 is 10.6 Å². The molecule has 2 N–H and O–H groups in total. The number of guanidine groups is 1. The van der Waals surface area contributed by atoms with E-state index in [0.29, 0.717) is 23.5 Å². The molecule has 130 valence electrons. The summed E-state index contributed by atoms with van der Waals surface area (Å²) < 4.78 is 16.1. The third-order valence-corrected chi connectivity index (χ3v) is 3.94.